The molecule has 0 saturated heterocycles. The minimum Gasteiger partial charge on any atom is -0.726 e. The third-order valence-electron chi connectivity index (χ3n) is 2.25. The first-order valence-corrected chi connectivity index (χ1v) is 6.29. The maximum Gasteiger partial charge on any atom is 0.215 e. The summed E-state index contributed by atoms with van der Waals surface area (Å²) in [6, 6.07) is 0. The van der Waals surface area contributed by atoms with Gasteiger partial charge in [-0.1, -0.05) is 20.8 Å². The van der Waals surface area contributed by atoms with Gasteiger partial charge in [0.15, 0.2) is 0 Å². The Bertz CT molecular complexity index is 192. The van der Waals surface area contributed by atoms with E-state index in [1.54, 1.807) is 0 Å². The van der Waals surface area contributed by atoms with Crippen LogP contribution < -0.4 is 0 Å². The second-order valence-electron chi connectivity index (χ2n) is 2.99. The Morgan fingerprint density at radius 3 is 1.38 bits per heavy atom. The fourth-order valence-electron chi connectivity index (χ4n) is 0.750. The molecule has 0 saturated carbocycles. The molecule has 0 bridgehead atoms. The summed E-state index contributed by atoms with van der Waals surface area (Å²) in [6.45, 7) is 6.83. The second-order valence-corrected chi connectivity index (χ2v) is 5.34. The summed E-state index contributed by atoms with van der Waals surface area (Å²) in [6.07, 6.45) is 4.00. The molecule has 0 aliphatic rings. The Kier molecular flexibility index (Phi) is 8.13. The van der Waals surface area contributed by atoms with Crippen LogP contribution in [0.1, 0.15) is 40.0 Å². The number of rotatable bonds is 3. The summed E-state index contributed by atoms with van der Waals surface area (Å²) in [4.78, 5) is 0. The van der Waals surface area contributed by atoms with Crippen molar-refractivity contribution in [1.82, 2.24) is 0 Å². The predicted molar refractivity (Wildman–Crippen MR) is 57.0 cm³/mol. The van der Waals surface area contributed by atoms with Gasteiger partial charge >= 0.3 is 0 Å². The van der Waals surface area contributed by atoms with E-state index in [9.17, 15) is 0 Å². The van der Waals surface area contributed by atoms with Crippen molar-refractivity contribution in [3.63, 3.8) is 0 Å². The van der Waals surface area contributed by atoms with Crippen LogP contribution in [-0.2, 0) is 10.4 Å². The van der Waals surface area contributed by atoms with Crippen LogP contribution in [-0.4, -0.2) is 22.7 Å². The van der Waals surface area contributed by atoms with Gasteiger partial charge in [0.25, 0.3) is 0 Å². The van der Waals surface area contributed by atoms with Gasteiger partial charge in [-0.3, -0.25) is 4.55 Å². The Morgan fingerprint density at radius 2 is 1.38 bits per heavy atom. The maximum atomic E-state index is 8.63. The largest absolute Gasteiger partial charge is 0.726 e. The molecule has 4 nitrogen and oxygen atoms in total. The van der Waals surface area contributed by atoms with Gasteiger partial charge in [-0.15, -0.1) is 0 Å². The SMILES string of the molecule is CCC([PH3+])(CC)CC.O=S(=O)([O-])O. The van der Waals surface area contributed by atoms with E-state index in [-0.39, 0.29) is 0 Å². The fraction of sp³-hybridized carbons (Fsp3) is 1.00. The third kappa shape index (κ3) is 15.1. The zero-order valence-electron chi connectivity index (χ0n) is 8.41. The van der Waals surface area contributed by atoms with Crippen molar-refractivity contribution in [3.05, 3.63) is 0 Å². The zero-order valence-corrected chi connectivity index (χ0v) is 10.6. The zero-order chi connectivity index (χ0) is 11.1. The lowest BCUT2D eigenvalue weighted by molar-refractivity contribution is 0.366. The van der Waals surface area contributed by atoms with E-state index >= 15 is 0 Å². The van der Waals surface area contributed by atoms with Gasteiger partial charge in [-0.05, 0) is 28.5 Å². The van der Waals surface area contributed by atoms with E-state index in [4.69, 9.17) is 17.5 Å². The van der Waals surface area contributed by atoms with Gasteiger partial charge in [0.2, 0.25) is 10.4 Å². The van der Waals surface area contributed by atoms with Gasteiger partial charge < -0.3 is 4.55 Å². The predicted octanol–water partition coefficient (Wildman–Crippen LogP) is 1.57. The molecule has 1 N–H and O–H groups in total. The molecule has 0 fully saturated rings. The molecule has 13 heavy (non-hydrogen) atoms. The van der Waals surface area contributed by atoms with Crippen molar-refractivity contribution in [2.45, 2.75) is 45.2 Å². The summed E-state index contributed by atoms with van der Waals surface area (Å²) in [7, 11) is -2.76. The lowest BCUT2D eigenvalue weighted by Gasteiger charge is -2.17. The topological polar surface area (TPSA) is 77.4 Å². The Balaban J connectivity index is 0. The Hall–Kier alpha value is 0.300. The minimum atomic E-state index is -4.92. The summed E-state index contributed by atoms with van der Waals surface area (Å²) >= 11 is 0. The normalized spacial score (nSPS) is 12.1. The molecule has 0 spiro atoms. The average molecular weight is 230 g/mol. The van der Waals surface area contributed by atoms with Crippen LogP contribution in [0.5, 0.6) is 0 Å². The molecule has 0 aliphatic carbocycles. The standard InChI is InChI=1S/C7H17P.H2O4S/c1-4-7(8,5-2)6-3;1-5(2,3)4/h4-6,8H2,1-3H3;(H2,1,2,3,4). The lowest BCUT2D eigenvalue weighted by Crippen LogP contribution is -2.15. The van der Waals surface area contributed by atoms with Crippen molar-refractivity contribution in [2.24, 2.45) is 0 Å². The van der Waals surface area contributed by atoms with Crippen LogP contribution in [0.4, 0.5) is 0 Å². The highest BCUT2D eigenvalue weighted by atomic mass is 32.3. The van der Waals surface area contributed by atoms with Crippen molar-refractivity contribution in [1.29, 1.82) is 0 Å². The van der Waals surface area contributed by atoms with E-state index in [1.807, 2.05) is 0 Å². The molecular formula is C7H19O4PS. The fourth-order valence-corrected chi connectivity index (χ4v) is 0.750. The number of hydrogen-bond donors (Lipinski definition) is 1. The highest BCUT2D eigenvalue weighted by molar-refractivity contribution is 7.79. The first-order chi connectivity index (χ1) is 5.68. The van der Waals surface area contributed by atoms with Crippen molar-refractivity contribution >= 4 is 19.6 Å². The molecule has 0 aromatic rings. The summed E-state index contributed by atoms with van der Waals surface area (Å²) in [5.74, 6) is 0. The van der Waals surface area contributed by atoms with Gasteiger partial charge in [0, 0.05) is 0 Å². The van der Waals surface area contributed by atoms with E-state index < -0.39 is 10.4 Å². The van der Waals surface area contributed by atoms with Crippen LogP contribution in [0.15, 0.2) is 0 Å². The molecule has 0 rings (SSSR count). The van der Waals surface area contributed by atoms with Crippen LogP contribution >= 0.6 is 9.24 Å². The second kappa shape index (κ2) is 6.71. The van der Waals surface area contributed by atoms with E-state index in [0.29, 0.717) is 5.16 Å². The molecule has 0 heterocycles. The molecule has 1 atom stereocenters. The summed E-state index contributed by atoms with van der Waals surface area (Å²) in [5.41, 5.74) is 0. The smallest absolute Gasteiger partial charge is 0.215 e. The molecule has 82 valence electrons. The van der Waals surface area contributed by atoms with E-state index in [2.05, 4.69) is 30.0 Å². The first-order valence-electron chi connectivity index (χ1n) is 4.22. The van der Waals surface area contributed by atoms with Crippen LogP contribution in [0.3, 0.4) is 0 Å². The van der Waals surface area contributed by atoms with Gasteiger partial charge in [0.05, 0.1) is 5.16 Å². The van der Waals surface area contributed by atoms with Crippen molar-refractivity contribution in [3.8, 4) is 0 Å². The molecule has 0 aliphatic heterocycles. The molecule has 0 aromatic heterocycles. The quantitative estimate of drug-likeness (QED) is 0.453. The lowest BCUT2D eigenvalue weighted by atomic mass is 9.99. The molecule has 6 heteroatoms. The number of hydrogen-bond acceptors (Lipinski definition) is 3. The first kappa shape index (κ1) is 15.8. The Labute approximate surface area is 82.9 Å². The van der Waals surface area contributed by atoms with Gasteiger partial charge in [0.1, 0.15) is 0 Å². The third-order valence-corrected chi connectivity index (χ3v) is 3.75. The minimum absolute atomic E-state index is 0.653. The van der Waals surface area contributed by atoms with Crippen LogP contribution in [0.2, 0.25) is 0 Å². The molecule has 0 radical (unpaired) electrons. The summed E-state index contributed by atoms with van der Waals surface area (Å²) < 4.78 is 32.8. The molecule has 0 aromatic carbocycles. The molecular weight excluding hydrogens is 211 g/mol. The van der Waals surface area contributed by atoms with Gasteiger partial charge in [-0.2, -0.15) is 0 Å². The van der Waals surface area contributed by atoms with E-state index in [1.165, 1.54) is 19.3 Å². The van der Waals surface area contributed by atoms with E-state index in [0.717, 1.165) is 0 Å². The molecule has 1 unspecified atom stereocenters. The Morgan fingerprint density at radius 1 is 1.23 bits per heavy atom. The highest BCUT2D eigenvalue weighted by Gasteiger charge is 2.21. The van der Waals surface area contributed by atoms with Gasteiger partial charge in [-0.25, -0.2) is 8.42 Å². The molecule has 0 amide bonds. The average Bonchev–Trinajstić information content (AvgIpc) is 2.00. The van der Waals surface area contributed by atoms with Crippen LogP contribution in [0, 0.1) is 0 Å². The highest BCUT2D eigenvalue weighted by Crippen LogP contribution is 2.29. The van der Waals surface area contributed by atoms with Crippen molar-refractivity contribution in [2.75, 3.05) is 0 Å². The summed E-state index contributed by atoms with van der Waals surface area (Å²) in [5, 5.41) is 0.653. The maximum absolute atomic E-state index is 8.63. The van der Waals surface area contributed by atoms with Crippen molar-refractivity contribution < 1.29 is 17.5 Å². The van der Waals surface area contributed by atoms with Crippen LogP contribution in [0.25, 0.3) is 0 Å². The monoisotopic (exact) mass is 230 g/mol.